The Morgan fingerprint density at radius 2 is 1.53 bits per heavy atom. The molecule has 0 heterocycles. The minimum atomic E-state index is -2.27. The van der Waals surface area contributed by atoms with Gasteiger partial charge in [0.2, 0.25) is 0 Å². The summed E-state index contributed by atoms with van der Waals surface area (Å²) in [6, 6.07) is 7.42. The minimum absolute atomic E-state index is 0.111. The first-order valence-electron chi connectivity index (χ1n) is 22.4. The summed E-state index contributed by atoms with van der Waals surface area (Å²) in [4.78, 5) is 27.2. The standard InChI is InChI=1S/C46H83ClO7SSi4/c1-15-16-18-23-37(58(11,12)53-56-44(2,3)4)29-30-38-40(59(13,14)54-57-45(5,6)7)34-39(42(38)55-33-22-17-19-24-41(48)50-10)52-43(49)46(8,9)31-20-21-32-51-36-27-25-35(47)26-28-36/h25-30,37-38,40H,15-24,31-34,56-57H2,1-14H3/b30-29+/t37-,38-,40+/m0/s1. The smallest absolute Gasteiger partial charge is 0.316 e. The molecule has 2 rings (SSSR count). The zero-order valence-corrected chi connectivity index (χ0v) is 46.1. The van der Waals surface area contributed by atoms with Crippen LogP contribution in [0.15, 0.2) is 47.1 Å². The number of hydrogen-bond acceptors (Lipinski definition) is 8. The molecule has 0 aliphatic heterocycles. The molecule has 1 aliphatic rings. The van der Waals surface area contributed by atoms with Crippen molar-refractivity contribution in [2.45, 2.75) is 187 Å². The zero-order valence-electron chi connectivity index (χ0n) is 39.7. The number of rotatable bonds is 27. The van der Waals surface area contributed by atoms with Crippen LogP contribution in [0.1, 0.15) is 139 Å². The number of methoxy groups -OCH3 is 1. The third-order valence-corrected chi connectivity index (χ3v) is 26.2. The van der Waals surface area contributed by atoms with Crippen LogP contribution in [0.3, 0.4) is 0 Å². The molecule has 1 aliphatic carbocycles. The lowest BCUT2D eigenvalue weighted by molar-refractivity contribution is -0.150. The molecule has 1 aromatic carbocycles. The normalized spacial score (nSPS) is 17.9. The first kappa shape index (κ1) is 54.0. The van der Waals surface area contributed by atoms with Gasteiger partial charge in [-0.1, -0.05) is 97.9 Å². The van der Waals surface area contributed by atoms with Crippen LogP contribution in [0.5, 0.6) is 5.75 Å². The average Bonchev–Trinajstić information content (AvgIpc) is 3.49. The molecule has 0 saturated heterocycles. The second-order valence-electron chi connectivity index (χ2n) is 20.8. The molecule has 0 aromatic heterocycles. The summed E-state index contributed by atoms with van der Waals surface area (Å²) in [5.74, 6) is 2.32. The van der Waals surface area contributed by atoms with Gasteiger partial charge in [0.25, 0.3) is 0 Å². The van der Waals surface area contributed by atoms with Gasteiger partial charge in [-0.15, -0.1) is 11.8 Å². The molecule has 1 aromatic rings. The predicted octanol–water partition coefficient (Wildman–Crippen LogP) is 13.1. The van der Waals surface area contributed by atoms with E-state index in [4.69, 9.17) is 34.0 Å². The highest BCUT2D eigenvalue weighted by Gasteiger charge is 2.47. The Balaban J connectivity index is 2.48. The van der Waals surface area contributed by atoms with E-state index >= 15 is 0 Å². The first-order chi connectivity index (χ1) is 27.4. The van der Waals surface area contributed by atoms with E-state index in [1.165, 1.54) is 31.3 Å². The van der Waals surface area contributed by atoms with E-state index in [1.807, 2.05) is 49.9 Å². The highest BCUT2D eigenvalue weighted by atomic mass is 35.5. The summed E-state index contributed by atoms with van der Waals surface area (Å²) in [7, 11) is -4.38. The topological polar surface area (TPSA) is 80.3 Å². The van der Waals surface area contributed by atoms with Gasteiger partial charge in [0.05, 0.1) is 19.1 Å². The third-order valence-electron chi connectivity index (χ3n) is 11.2. The van der Waals surface area contributed by atoms with Gasteiger partial charge in [0.15, 0.2) is 36.2 Å². The van der Waals surface area contributed by atoms with Crippen LogP contribution in [0, 0.1) is 11.3 Å². The molecule has 0 radical (unpaired) electrons. The summed E-state index contributed by atoms with van der Waals surface area (Å²) in [5, 5.41) is 1.10. The monoisotopic (exact) mass is 926 g/mol. The van der Waals surface area contributed by atoms with E-state index < -0.39 is 41.6 Å². The number of hydrogen-bond donors (Lipinski definition) is 0. The van der Waals surface area contributed by atoms with Crippen LogP contribution in [0.25, 0.3) is 0 Å². The number of allylic oxidation sites excluding steroid dienone is 4. The predicted molar refractivity (Wildman–Crippen MR) is 263 cm³/mol. The lowest BCUT2D eigenvalue weighted by Crippen LogP contribution is -2.41. The molecule has 13 heteroatoms. The molecular weight excluding hydrogens is 844 g/mol. The number of ether oxygens (including phenoxy) is 3. The van der Waals surface area contributed by atoms with Crippen molar-refractivity contribution in [3.63, 3.8) is 0 Å². The van der Waals surface area contributed by atoms with Gasteiger partial charge in [-0.3, -0.25) is 9.59 Å². The lowest BCUT2D eigenvalue weighted by Gasteiger charge is -2.37. The van der Waals surface area contributed by atoms with Crippen LogP contribution >= 0.6 is 23.4 Å². The number of thioether (sulfide) groups is 1. The fraction of sp³-hybridized carbons (Fsp3) is 0.739. The second-order valence-corrected chi connectivity index (χ2v) is 37.4. The van der Waals surface area contributed by atoms with Crippen LogP contribution < -0.4 is 4.74 Å². The fourth-order valence-corrected chi connectivity index (χ4v) is 20.1. The van der Waals surface area contributed by atoms with Gasteiger partial charge in [-0.05, 0) is 130 Å². The zero-order chi connectivity index (χ0) is 44.5. The van der Waals surface area contributed by atoms with Gasteiger partial charge in [0, 0.05) is 28.7 Å². The summed E-state index contributed by atoms with van der Waals surface area (Å²) < 4.78 is 31.5. The Morgan fingerprint density at radius 3 is 2.14 bits per heavy atom. The minimum Gasteiger partial charge on any atom is -0.494 e. The highest BCUT2D eigenvalue weighted by molar-refractivity contribution is 8.03. The van der Waals surface area contributed by atoms with E-state index in [0.29, 0.717) is 36.4 Å². The maximum atomic E-state index is 14.2. The maximum absolute atomic E-state index is 14.2. The van der Waals surface area contributed by atoms with Crippen molar-refractivity contribution in [2.24, 2.45) is 11.3 Å². The number of esters is 2. The third kappa shape index (κ3) is 20.7. The molecular formula is C46H83ClO7SSi4. The van der Waals surface area contributed by atoms with Crippen molar-refractivity contribution in [2.75, 3.05) is 19.5 Å². The molecule has 59 heavy (non-hydrogen) atoms. The largest absolute Gasteiger partial charge is 0.494 e. The van der Waals surface area contributed by atoms with E-state index in [-0.39, 0.29) is 33.5 Å². The Labute approximate surface area is 376 Å². The molecule has 0 unspecified atom stereocenters. The molecule has 0 bridgehead atoms. The molecule has 0 spiro atoms. The summed E-state index contributed by atoms with van der Waals surface area (Å²) in [6.07, 6.45) is 16.1. The van der Waals surface area contributed by atoms with Gasteiger partial charge in [0.1, 0.15) is 11.5 Å². The molecule has 7 nitrogen and oxygen atoms in total. The van der Waals surface area contributed by atoms with Crippen LogP contribution in [0.2, 0.25) is 52.4 Å². The summed E-state index contributed by atoms with van der Waals surface area (Å²) in [5.41, 5.74) is -0.00713. The van der Waals surface area contributed by atoms with Crippen molar-refractivity contribution < 1.29 is 32.0 Å². The molecule has 0 N–H and O–H groups in total. The van der Waals surface area contributed by atoms with Crippen LogP contribution in [-0.4, -0.2) is 67.6 Å². The van der Waals surface area contributed by atoms with Gasteiger partial charge in [-0.25, -0.2) is 0 Å². The molecule has 338 valence electrons. The number of carbonyl (C=O) groups excluding carboxylic acids is 2. The number of carbonyl (C=O) groups is 2. The molecule has 0 amide bonds. The Bertz CT molecular complexity index is 1490. The van der Waals surface area contributed by atoms with Crippen molar-refractivity contribution in [1.29, 1.82) is 0 Å². The molecule has 0 fully saturated rings. The second kappa shape index (κ2) is 25.2. The highest BCUT2D eigenvalue weighted by Crippen LogP contribution is 2.53. The van der Waals surface area contributed by atoms with E-state index in [2.05, 4.69) is 86.8 Å². The van der Waals surface area contributed by atoms with Gasteiger partial charge >= 0.3 is 11.9 Å². The van der Waals surface area contributed by atoms with E-state index in [0.717, 1.165) is 55.8 Å². The van der Waals surface area contributed by atoms with E-state index in [1.54, 1.807) is 0 Å². The Kier molecular flexibility index (Phi) is 23.1. The maximum Gasteiger partial charge on any atom is 0.316 e. The molecule has 0 saturated carbocycles. The van der Waals surface area contributed by atoms with Crippen molar-refractivity contribution >= 4 is 71.5 Å². The Morgan fingerprint density at radius 1 is 0.881 bits per heavy atom. The first-order valence-corrected chi connectivity index (χ1v) is 32.3. The Hall–Kier alpha value is -1.13. The van der Waals surface area contributed by atoms with E-state index in [9.17, 15) is 9.59 Å². The van der Waals surface area contributed by atoms with Gasteiger partial charge in [-0.2, -0.15) is 0 Å². The van der Waals surface area contributed by atoms with Crippen molar-refractivity contribution in [3.8, 4) is 5.75 Å². The fourth-order valence-electron chi connectivity index (χ4n) is 7.10. The van der Waals surface area contributed by atoms with Gasteiger partial charge < -0.3 is 22.4 Å². The number of benzene rings is 1. The number of unbranched alkanes of at least 4 members (excludes halogenated alkanes) is 5. The quantitative estimate of drug-likeness (QED) is 0.0374. The summed E-state index contributed by atoms with van der Waals surface area (Å²) in [6.45, 7) is 30.3. The van der Waals surface area contributed by atoms with Crippen molar-refractivity contribution in [3.05, 3.63) is 52.1 Å². The SMILES string of the molecule is CCCCC[C@@H](/C=C/[C@@H]1C(SCCCCCC(=O)OC)=C(OC(=O)C(C)(C)CCCCOc2ccc(Cl)cc2)C[C@H]1[Si](C)(C)O[SiH2]C(C)(C)C)[Si](C)(C)O[SiH2]C(C)(C)C. The van der Waals surface area contributed by atoms with Crippen LogP contribution in [0.4, 0.5) is 0 Å². The van der Waals surface area contributed by atoms with Crippen LogP contribution in [-0.2, 0) is 27.3 Å². The number of halogens is 1. The lowest BCUT2D eigenvalue weighted by atomic mass is 9.87. The average molecular weight is 928 g/mol. The molecule has 3 atom stereocenters. The summed E-state index contributed by atoms with van der Waals surface area (Å²) >= 11 is 7.89. The van der Waals surface area contributed by atoms with Crippen molar-refractivity contribution in [1.82, 2.24) is 0 Å².